The maximum absolute atomic E-state index is 12.6. The second-order valence-corrected chi connectivity index (χ2v) is 7.44. The number of carbonyl (C=O) groups excluding carboxylic acids is 1. The lowest BCUT2D eigenvalue weighted by atomic mass is 9.88. The second kappa shape index (κ2) is 6.42. The summed E-state index contributed by atoms with van der Waals surface area (Å²) < 4.78 is 41.0. The van der Waals surface area contributed by atoms with Gasteiger partial charge < -0.3 is 15.0 Å². The molecule has 1 aliphatic carbocycles. The van der Waals surface area contributed by atoms with Gasteiger partial charge in [-0.2, -0.15) is 0 Å². The number of fused-ring (bicyclic) bond motifs is 1. The summed E-state index contributed by atoms with van der Waals surface area (Å²) in [5.41, 5.74) is 1.62. The average Bonchev–Trinajstić information content (AvgIpc) is 3.18. The van der Waals surface area contributed by atoms with Gasteiger partial charge in [-0.3, -0.25) is 10.1 Å². The molecule has 1 atom stereocenters. The van der Waals surface area contributed by atoms with Gasteiger partial charge in [0.25, 0.3) is 0 Å². The standard InChI is InChI=1S/C18H22F3N3O2/c19-18(20,21)26-15-4-1-12-8-24(9-13(12)7-15)16(25)5-6-17(14-2-3-14)10-22-11-23-17/h1,4,7,14,22-23H,2-3,5-6,8-11H2/t17-/m1/s1. The molecule has 2 fully saturated rings. The molecular weight excluding hydrogens is 347 g/mol. The van der Waals surface area contributed by atoms with Gasteiger partial charge in [0, 0.05) is 38.3 Å². The fourth-order valence-corrected chi connectivity index (χ4v) is 4.12. The van der Waals surface area contributed by atoms with E-state index in [0.717, 1.165) is 30.8 Å². The summed E-state index contributed by atoms with van der Waals surface area (Å²) in [6, 6.07) is 4.29. The quantitative estimate of drug-likeness (QED) is 0.838. The van der Waals surface area contributed by atoms with Crippen LogP contribution < -0.4 is 15.4 Å². The molecule has 1 saturated heterocycles. The first-order valence-electron chi connectivity index (χ1n) is 8.96. The van der Waals surface area contributed by atoms with Crippen molar-refractivity contribution in [2.75, 3.05) is 13.2 Å². The van der Waals surface area contributed by atoms with Crippen molar-refractivity contribution in [3.8, 4) is 5.75 Å². The van der Waals surface area contributed by atoms with E-state index < -0.39 is 6.36 Å². The molecule has 0 radical (unpaired) electrons. The van der Waals surface area contributed by atoms with E-state index in [1.807, 2.05) is 0 Å². The number of ether oxygens (including phenoxy) is 1. The van der Waals surface area contributed by atoms with Gasteiger partial charge in [0.05, 0.1) is 0 Å². The topological polar surface area (TPSA) is 53.6 Å². The molecule has 26 heavy (non-hydrogen) atoms. The van der Waals surface area contributed by atoms with Crippen molar-refractivity contribution in [2.45, 2.75) is 50.7 Å². The Morgan fingerprint density at radius 1 is 1.27 bits per heavy atom. The van der Waals surface area contributed by atoms with Gasteiger partial charge >= 0.3 is 6.36 Å². The first-order valence-corrected chi connectivity index (χ1v) is 8.96. The first-order chi connectivity index (χ1) is 12.3. The zero-order valence-electron chi connectivity index (χ0n) is 14.4. The highest BCUT2D eigenvalue weighted by atomic mass is 19.4. The third kappa shape index (κ3) is 3.66. The maximum Gasteiger partial charge on any atom is 0.573 e. The van der Waals surface area contributed by atoms with Crippen molar-refractivity contribution < 1.29 is 22.7 Å². The number of benzene rings is 1. The number of halogens is 3. The second-order valence-electron chi connectivity index (χ2n) is 7.44. The Balaban J connectivity index is 1.36. The molecule has 0 spiro atoms. The Morgan fingerprint density at radius 3 is 2.69 bits per heavy atom. The minimum Gasteiger partial charge on any atom is -0.406 e. The summed E-state index contributed by atoms with van der Waals surface area (Å²) in [6.45, 7) is 2.46. The summed E-state index contributed by atoms with van der Waals surface area (Å²) in [7, 11) is 0. The Hall–Kier alpha value is -1.80. The molecule has 142 valence electrons. The van der Waals surface area contributed by atoms with Crippen molar-refractivity contribution in [2.24, 2.45) is 5.92 Å². The molecule has 2 heterocycles. The van der Waals surface area contributed by atoms with E-state index in [9.17, 15) is 18.0 Å². The number of nitrogens with zero attached hydrogens (tertiary/aromatic N) is 1. The van der Waals surface area contributed by atoms with Gasteiger partial charge in [-0.25, -0.2) is 0 Å². The monoisotopic (exact) mass is 369 g/mol. The van der Waals surface area contributed by atoms with Crippen LogP contribution in [0.15, 0.2) is 18.2 Å². The Labute approximate surface area is 149 Å². The molecule has 0 aromatic heterocycles. The third-order valence-corrected chi connectivity index (χ3v) is 5.64. The van der Waals surface area contributed by atoms with Crippen LogP contribution >= 0.6 is 0 Å². The first kappa shape index (κ1) is 17.6. The van der Waals surface area contributed by atoms with Gasteiger partial charge in [0.2, 0.25) is 5.91 Å². The molecule has 1 aromatic carbocycles. The number of alkyl halides is 3. The number of amides is 1. The Kier molecular flexibility index (Phi) is 4.35. The fraction of sp³-hybridized carbons (Fsp3) is 0.611. The number of rotatable bonds is 5. The highest BCUT2D eigenvalue weighted by Gasteiger charge is 2.46. The molecule has 3 aliphatic rings. The molecule has 1 aromatic rings. The Morgan fingerprint density at radius 2 is 2.04 bits per heavy atom. The van der Waals surface area contributed by atoms with Crippen molar-refractivity contribution in [1.82, 2.24) is 15.5 Å². The molecular formula is C18H22F3N3O2. The zero-order chi connectivity index (χ0) is 18.4. The van der Waals surface area contributed by atoms with Crippen LogP contribution in [0.4, 0.5) is 13.2 Å². The van der Waals surface area contributed by atoms with Crippen LogP contribution in [0.25, 0.3) is 0 Å². The SMILES string of the molecule is O=C(CC[C@]1(C2CC2)CNCN1)N1Cc2ccc(OC(F)(F)F)cc2C1. The fourth-order valence-electron chi connectivity index (χ4n) is 4.12. The van der Waals surface area contributed by atoms with Crippen LogP contribution in [0, 0.1) is 5.92 Å². The molecule has 2 N–H and O–H groups in total. The number of nitrogens with one attached hydrogen (secondary N) is 2. The normalized spacial score (nSPS) is 25.4. The van der Waals surface area contributed by atoms with Crippen LogP contribution in [0.1, 0.15) is 36.8 Å². The van der Waals surface area contributed by atoms with E-state index in [1.165, 1.54) is 25.0 Å². The average molecular weight is 369 g/mol. The highest BCUT2D eigenvalue weighted by molar-refractivity contribution is 5.77. The molecule has 1 saturated carbocycles. The summed E-state index contributed by atoms with van der Waals surface area (Å²) in [5, 5.41) is 6.84. The molecule has 5 nitrogen and oxygen atoms in total. The van der Waals surface area contributed by atoms with Crippen molar-refractivity contribution in [1.29, 1.82) is 0 Å². The molecule has 4 rings (SSSR count). The van der Waals surface area contributed by atoms with Crippen LogP contribution in [0.3, 0.4) is 0 Å². The van der Waals surface area contributed by atoms with Crippen molar-refractivity contribution in [3.05, 3.63) is 29.3 Å². The summed E-state index contributed by atoms with van der Waals surface area (Å²) in [4.78, 5) is 14.3. The predicted molar refractivity (Wildman–Crippen MR) is 88.1 cm³/mol. The van der Waals surface area contributed by atoms with E-state index in [2.05, 4.69) is 15.4 Å². The van der Waals surface area contributed by atoms with Crippen LogP contribution in [0.2, 0.25) is 0 Å². The number of hydrogen-bond donors (Lipinski definition) is 2. The van der Waals surface area contributed by atoms with Gasteiger partial charge in [0.1, 0.15) is 5.75 Å². The molecule has 0 bridgehead atoms. The number of hydrogen-bond acceptors (Lipinski definition) is 4. The lowest BCUT2D eigenvalue weighted by molar-refractivity contribution is -0.274. The maximum atomic E-state index is 12.6. The van der Waals surface area contributed by atoms with Gasteiger partial charge in [0.15, 0.2) is 0 Å². The smallest absolute Gasteiger partial charge is 0.406 e. The summed E-state index contributed by atoms with van der Waals surface area (Å²) in [5.74, 6) is 0.454. The van der Waals surface area contributed by atoms with E-state index in [0.29, 0.717) is 25.4 Å². The lowest BCUT2D eigenvalue weighted by Crippen LogP contribution is -2.45. The van der Waals surface area contributed by atoms with E-state index in [-0.39, 0.29) is 17.2 Å². The largest absolute Gasteiger partial charge is 0.573 e. The van der Waals surface area contributed by atoms with Crippen molar-refractivity contribution in [3.63, 3.8) is 0 Å². The molecule has 2 aliphatic heterocycles. The van der Waals surface area contributed by atoms with Crippen LogP contribution in [-0.4, -0.2) is 35.9 Å². The van der Waals surface area contributed by atoms with E-state index in [1.54, 1.807) is 11.0 Å². The molecule has 8 heteroatoms. The molecule has 0 unspecified atom stereocenters. The van der Waals surface area contributed by atoms with Crippen LogP contribution in [0.5, 0.6) is 5.75 Å². The lowest BCUT2D eigenvalue weighted by Gasteiger charge is -2.29. The Bertz CT molecular complexity index is 697. The summed E-state index contributed by atoms with van der Waals surface area (Å²) in [6.07, 6.45) is -1.05. The van der Waals surface area contributed by atoms with E-state index in [4.69, 9.17) is 0 Å². The van der Waals surface area contributed by atoms with E-state index >= 15 is 0 Å². The van der Waals surface area contributed by atoms with Gasteiger partial charge in [-0.1, -0.05) is 6.07 Å². The minimum absolute atomic E-state index is 0.0238. The third-order valence-electron chi connectivity index (χ3n) is 5.64. The van der Waals surface area contributed by atoms with Gasteiger partial charge in [-0.15, -0.1) is 13.2 Å². The zero-order valence-corrected chi connectivity index (χ0v) is 14.4. The summed E-state index contributed by atoms with van der Waals surface area (Å²) >= 11 is 0. The predicted octanol–water partition coefficient (Wildman–Crippen LogP) is 2.51. The number of carbonyl (C=O) groups is 1. The minimum atomic E-state index is -4.71. The van der Waals surface area contributed by atoms with Gasteiger partial charge in [-0.05, 0) is 48.4 Å². The van der Waals surface area contributed by atoms with Crippen LogP contribution in [-0.2, 0) is 17.9 Å². The molecule has 1 amide bonds. The van der Waals surface area contributed by atoms with Crippen molar-refractivity contribution >= 4 is 5.91 Å². The highest BCUT2D eigenvalue weighted by Crippen LogP contribution is 2.43.